The van der Waals surface area contributed by atoms with Crippen LogP contribution in [0.5, 0.6) is 0 Å². The van der Waals surface area contributed by atoms with Gasteiger partial charge in [0.15, 0.2) is 6.29 Å². The molecular weight excluding hydrogens is 282 g/mol. The Kier molecular flexibility index (Phi) is 4.18. The fraction of sp³-hybridized carbons (Fsp3) is 0.462. The van der Waals surface area contributed by atoms with Crippen LogP contribution in [-0.4, -0.2) is 32.1 Å². The van der Waals surface area contributed by atoms with Crippen molar-refractivity contribution in [3.05, 3.63) is 28.2 Å². The van der Waals surface area contributed by atoms with Crippen molar-refractivity contribution in [1.29, 1.82) is 0 Å². The summed E-state index contributed by atoms with van der Waals surface area (Å²) in [6, 6.07) is 5.84. The fourth-order valence-electron chi connectivity index (χ4n) is 2.01. The molecule has 1 aliphatic rings. The van der Waals surface area contributed by atoms with Crippen molar-refractivity contribution < 1.29 is 9.53 Å². The number of morpholine rings is 1. The van der Waals surface area contributed by atoms with Gasteiger partial charge in [0.25, 0.3) is 0 Å². The average Bonchev–Trinajstić information content (AvgIpc) is 2.38. The number of benzene rings is 1. The molecule has 2 rings (SSSR count). The largest absolute Gasteiger partial charge is 0.375 e. The van der Waals surface area contributed by atoms with E-state index in [0.29, 0.717) is 11.7 Å². The van der Waals surface area contributed by atoms with Crippen LogP contribution in [0.4, 0.5) is 5.69 Å². The quantitative estimate of drug-likeness (QED) is 0.804. The normalized spacial score (nSPS) is 20.4. The highest BCUT2D eigenvalue weighted by atomic mass is 79.9. The molecule has 0 spiro atoms. The molecule has 0 radical (unpaired) electrons. The Morgan fingerprint density at radius 1 is 1.59 bits per heavy atom. The molecule has 17 heavy (non-hydrogen) atoms. The van der Waals surface area contributed by atoms with E-state index < -0.39 is 0 Å². The lowest BCUT2D eigenvalue weighted by Crippen LogP contribution is -2.42. The van der Waals surface area contributed by atoms with Gasteiger partial charge in [-0.1, -0.05) is 6.92 Å². The smallest absolute Gasteiger partial charge is 0.151 e. The molecule has 1 heterocycles. The predicted molar refractivity (Wildman–Crippen MR) is 71.8 cm³/mol. The zero-order valence-corrected chi connectivity index (χ0v) is 11.4. The first-order chi connectivity index (χ1) is 8.24. The summed E-state index contributed by atoms with van der Waals surface area (Å²) < 4.78 is 6.50. The number of halogens is 1. The Balaban J connectivity index is 2.16. The summed E-state index contributed by atoms with van der Waals surface area (Å²) in [5.41, 5.74) is 1.83. The number of anilines is 1. The van der Waals surface area contributed by atoms with E-state index in [9.17, 15) is 4.79 Å². The van der Waals surface area contributed by atoms with E-state index in [1.165, 1.54) is 0 Å². The molecule has 1 saturated heterocycles. The molecule has 0 aromatic heterocycles. The Morgan fingerprint density at radius 2 is 2.41 bits per heavy atom. The second kappa shape index (κ2) is 5.65. The van der Waals surface area contributed by atoms with Crippen LogP contribution in [0.25, 0.3) is 0 Å². The Morgan fingerprint density at radius 3 is 3.06 bits per heavy atom. The third-order valence-electron chi connectivity index (χ3n) is 3.07. The van der Waals surface area contributed by atoms with Crippen molar-refractivity contribution in [2.75, 3.05) is 24.6 Å². The molecule has 1 unspecified atom stereocenters. The average molecular weight is 298 g/mol. The molecule has 1 fully saturated rings. The van der Waals surface area contributed by atoms with Gasteiger partial charge in [-0.15, -0.1) is 0 Å². The van der Waals surface area contributed by atoms with E-state index in [-0.39, 0.29) is 0 Å². The van der Waals surface area contributed by atoms with E-state index in [1.54, 1.807) is 0 Å². The maximum absolute atomic E-state index is 10.7. The monoisotopic (exact) mass is 297 g/mol. The number of rotatable bonds is 3. The molecule has 0 bridgehead atoms. The van der Waals surface area contributed by atoms with E-state index >= 15 is 0 Å². The predicted octanol–water partition coefficient (Wildman–Crippen LogP) is 2.88. The van der Waals surface area contributed by atoms with Gasteiger partial charge in [-0.25, -0.2) is 0 Å². The number of ether oxygens (including phenoxy) is 1. The van der Waals surface area contributed by atoms with Gasteiger partial charge in [-0.2, -0.15) is 0 Å². The molecule has 0 amide bonds. The number of nitrogens with zero attached hydrogens (tertiary/aromatic N) is 1. The summed E-state index contributed by atoms with van der Waals surface area (Å²) in [5, 5.41) is 0. The maximum Gasteiger partial charge on any atom is 0.151 e. The van der Waals surface area contributed by atoms with E-state index in [4.69, 9.17) is 4.74 Å². The van der Waals surface area contributed by atoms with Crippen molar-refractivity contribution in [2.45, 2.75) is 19.4 Å². The topological polar surface area (TPSA) is 29.5 Å². The van der Waals surface area contributed by atoms with Crippen molar-refractivity contribution in [1.82, 2.24) is 0 Å². The molecule has 1 aromatic carbocycles. The number of carbonyl (C=O) groups excluding carboxylic acids is 1. The molecule has 4 heteroatoms. The van der Waals surface area contributed by atoms with Gasteiger partial charge >= 0.3 is 0 Å². The van der Waals surface area contributed by atoms with Crippen LogP contribution in [0.3, 0.4) is 0 Å². The summed E-state index contributed by atoms with van der Waals surface area (Å²) in [6.07, 6.45) is 2.21. The number of carbonyl (C=O) groups is 1. The second-order valence-corrected chi connectivity index (χ2v) is 5.03. The van der Waals surface area contributed by atoms with Crippen LogP contribution in [-0.2, 0) is 4.74 Å². The first-order valence-electron chi connectivity index (χ1n) is 5.86. The molecule has 1 aromatic rings. The summed E-state index contributed by atoms with van der Waals surface area (Å²) >= 11 is 3.42. The van der Waals surface area contributed by atoms with Crippen molar-refractivity contribution >= 4 is 27.9 Å². The van der Waals surface area contributed by atoms with Crippen LogP contribution in [0.2, 0.25) is 0 Å². The third-order valence-corrected chi connectivity index (χ3v) is 3.76. The van der Waals surface area contributed by atoms with Gasteiger partial charge in [-0.3, -0.25) is 4.79 Å². The van der Waals surface area contributed by atoms with Crippen molar-refractivity contribution in [2.24, 2.45) is 0 Å². The van der Waals surface area contributed by atoms with Crippen LogP contribution < -0.4 is 4.90 Å². The minimum absolute atomic E-state index is 0.313. The number of hydrogen-bond acceptors (Lipinski definition) is 3. The van der Waals surface area contributed by atoms with Crippen molar-refractivity contribution in [3.63, 3.8) is 0 Å². The van der Waals surface area contributed by atoms with Crippen molar-refractivity contribution in [3.8, 4) is 0 Å². The highest BCUT2D eigenvalue weighted by molar-refractivity contribution is 9.10. The Bertz CT molecular complexity index is 408. The zero-order chi connectivity index (χ0) is 12.3. The number of aldehydes is 1. The Hall–Kier alpha value is -0.870. The van der Waals surface area contributed by atoms with E-state index in [2.05, 4.69) is 27.8 Å². The lowest BCUT2D eigenvalue weighted by Gasteiger charge is -2.34. The van der Waals surface area contributed by atoms with Gasteiger partial charge in [0.1, 0.15) is 0 Å². The second-order valence-electron chi connectivity index (χ2n) is 4.17. The van der Waals surface area contributed by atoms with Gasteiger partial charge in [0.2, 0.25) is 0 Å². The molecule has 0 aliphatic carbocycles. The van der Waals surface area contributed by atoms with Crippen LogP contribution >= 0.6 is 15.9 Å². The SMILES string of the molecule is CCC1CN(c2ccc(C=O)c(Br)c2)CCO1. The maximum atomic E-state index is 10.7. The van der Waals surface area contributed by atoms with Crippen LogP contribution in [0.15, 0.2) is 22.7 Å². The van der Waals surface area contributed by atoms with Gasteiger partial charge < -0.3 is 9.64 Å². The first-order valence-corrected chi connectivity index (χ1v) is 6.65. The van der Waals surface area contributed by atoms with E-state index in [1.807, 2.05) is 18.2 Å². The highest BCUT2D eigenvalue weighted by Crippen LogP contribution is 2.25. The van der Waals surface area contributed by atoms with Gasteiger partial charge in [-0.05, 0) is 40.5 Å². The molecule has 1 aliphatic heterocycles. The Labute approximate surface area is 110 Å². The third kappa shape index (κ3) is 2.87. The van der Waals surface area contributed by atoms with Crippen LogP contribution in [0, 0.1) is 0 Å². The molecule has 0 N–H and O–H groups in total. The first kappa shape index (κ1) is 12.6. The summed E-state index contributed by atoms with van der Waals surface area (Å²) in [5.74, 6) is 0. The standard InChI is InChI=1S/C13H16BrNO2/c1-2-12-8-15(5-6-17-12)11-4-3-10(9-16)13(14)7-11/h3-4,7,9,12H,2,5-6,8H2,1H3. The molecule has 1 atom stereocenters. The summed E-state index contributed by atoms with van der Waals surface area (Å²) in [6.45, 7) is 4.73. The minimum Gasteiger partial charge on any atom is -0.375 e. The number of hydrogen-bond donors (Lipinski definition) is 0. The molecular formula is C13H16BrNO2. The summed E-state index contributed by atoms with van der Waals surface area (Å²) in [7, 11) is 0. The minimum atomic E-state index is 0.313. The molecule has 92 valence electrons. The van der Waals surface area contributed by atoms with Crippen LogP contribution in [0.1, 0.15) is 23.7 Å². The zero-order valence-electron chi connectivity index (χ0n) is 9.86. The molecule has 3 nitrogen and oxygen atoms in total. The molecule has 0 saturated carbocycles. The summed E-state index contributed by atoms with van der Waals surface area (Å²) in [4.78, 5) is 13.1. The van der Waals surface area contributed by atoms with Gasteiger partial charge in [0, 0.05) is 28.8 Å². The highest BCUT2D eigenvalue weighted by Gasteiger charge is 2.19. The lowest BCUT2D eigenvalue weighted by molar-refractivity contribution is 0.0384. The fourth-order valence-corrected chi connectivity index (χ4v) is 2.47. The lowest BCUT2D eigenvalue weighted by atomic mass is 10.1. The van der Waals surface area contributed by atoms with E-state index in [0.717, 1.165) is 42.6 Å². The van der Waals surface area contributed by atoms with Gasteiger partial charge in [0.05, 0.1) is 12.7 Å².